The number of amides is 1. The Labute approximate surface area is 206 Å². The summed E-state index contributed by atoms with van der Waals surface area (Å²) in [6.45, 7) is 1.37. The summed E-state index contributed by atoms with van der Waals surface area (Å²) in [5, 5.41) is 2.82. The monoisotopic (exact) mass is 498 g/mol. The molecule has 0 aliphatic rings. The molecule has 1 amide bonds. The highest BCUT2D eigenvalue weighted by Gasteiger charge is 2.20. The zero-order valence-corrected chi connectivity index (χ0v) is 20.9. The number of carbonyl (C=O) groups excluding carboxylic acids is 1. The summed E-state index contributed by atoms with van der Waals surface area (Å²) in [5.41, 5.74) is 2.73. The summed E-state index contributed by atoms with van der Waals surface area (Å²) in [6.07, 6.45) is 1.14. The molecule has 1 N–H and O–H groups in total. The molecular weight excluding hydrogens is 468 g/mol. The molecule has 9 heteroatoms. The molecule has 0 bridgehead atoms. The largest absolute Gasteiger partial charge is 0.493 e. The van der Waals surface area contributed by atoms with Gasteiger partial charge in [-0.3, -0.25) is 9.10 Å². The lowest BCUT2D eigenvalue weighted by Crippen LogP contribution is -2.29. The fourth-order valence-corrected chi connectivity index (χ4v) is 4.29. The van der Waals surface area contributed by atoms with Crippen LogP contribution in [0.5, 0.6) is 11.5 Å². The highest BCUT2D eigenvalue weighted by Crippen LogP contribution is 2.33. The number of hydrogen-bond acceptors (Lipinski definition) is 6. The van der Waals surface area contributed by atoms with Gasteiger partial charge in [0.2, 0.25) is 10.0 Å². The molecule has 0 spiro atoms. The molecule has 3 aromatic rings. The number of ether oxygens (including phenoxy) is 3. The van der Waals surface area contributed by atoms with Gasteiger partial charge in [0.1, 0.15) is 0 Å². The predicted octanol–water partition coefficient (Wildman–Crippen LogP) is 3.62. The molecule has 8 nitrogen and oxygen atoms in total. The first-order valence-electron chi connectivity index (χ1n) is 11.0. The van der Waals surface area contributed by atoms with Crippen molar-refractivity contribution < 1.29 is 27.4 Å². The Bertz CT molecular complexity index is 1210. The predicted molar refractivity (Wildman–Crippen MR) is 135 cm³/mol. The number of anilines is 1. The first-order chi connectivity index (χ1) is 16.8. The van der Waals surface area contributed by atoms with Crippen LogP contribution in [0.25, 0.3) is 0 Å². The van der Waals surface area contributed by atoms with Crippen molar-refractivity contribution in [2.75, 3.05) is 37.9 Å². The van der Waals surface area contributed by atoms with Gasteiger partial charge in [-0.2, -0.15) is 0 Å². The summed E-state index contributed by atoms with van der Waals surface area (Å²) < 4.78 is 42.4. The van der Waals surface area contributed by atoms with E-state index in [4.69, 9.17) is 14.2 Å². The van der Waals surface area contributed by atoms with Crippen molar-refractivity contribution in [3.05, 3.63) is 89.5 Å². The number of nitrogens with zero attached hydrogens (tertiary/aromatic N) is 1. The molecule has 0 atom stereocenters. The van der Waals surface area contributed by atoms with E-state index in [1.165, 1.54) is 18.5 Å². The van der Waals surface area contributed by atoms with E-state index in [0.29, 0.717) is 42.5 Å². The first-order valence-corrected chi connectivity index (χ1v) is 12.8. The van der Waals surface area contributed by atoms with Gasteiger partial charge < -0.3 is 19.5 Å². The Kier molecular flexibility index (Phi) is 9.11. The molecule has 35 heavy (non-hydrogen) atoms. The second-order valence-electron chi connectivity index (χ2n) is 7.80. The van der Waals surface area contributed by atoms with Gasteiger partial charge in [0, 0.05) is 18.2 Å². The molecule has 0 radical (unpaired) electrons. The molecule has 0 aliphatic carbocycles. The smallest absolute Gasteiger partial charge is 0.251 e. The molecule has 0 unspecified atom stereocenters. The van der Waals surface area contributed by atoms with Gasteiger partial charge in [-0.25, -0.2) is 8.42 Å². The molecule has 0 aromatic heterocycles. The second kappa shape index (κ2) is 12.2. The summed E-state index contributed by atoms with van der Waals surface area (Å²) in [5.74, 6) is 0.712. The highest BCUT2D eigenvalue weighted by molar-refractivity contribution is 7.92. The molecule has 0 heterocycles. The lowest BCUT2D eigenvalue weighted by atomic mass is 10.1. The van der Waals surface area contributed by atoms with Gasteiger partial charge in [-0.15, -0.1) is 0 Å². The maximum absolute atomic E-state index is 12.5. The fourth-order valence-electron chi connectivity index (χ4n) is 3.41. The van der Waals surface area contributed by atoms with Crippen molar-refractivity contribution in [3.63, 3.8) is 0 Å². The standard InChI is InChI=1S/C26H30N2O6S/c1-32-24-14-13-23(17-25(24)33-2)28(35(3,30)31)18-20-9-11-22(12-10-20)26(29)27-15-16-34-19-21-7-5-4-6-8-21/h4-14,17H,15-16,18-19H2,1-3H3,(H,27,29). The Morgan fingerprint density at radius 1 is 0.886 bits per heavy atom. The summed E-state index contributed by atoms with van der Waals surface area (Å²) >= 11 is 0. The van der Waals surface area contributed by atoms with Crippen molar-refractivity contribution in [1.29, 1.82) is 0 Å². The number of rotatable bonds is 12. The molecule has 3 aromatic carbocycles. The Balaban J connectivity index is 1.58. The van der Waals surface area contributed by atoms with E-state index >= 15 is 0 Å². The van der Waals surface area contributed by atoms with Gasteiger partial charge in [-0.1, -0.05) is 42.5 Å². The summed E-state index contributed by atoms with van der Waals surface area (Å²) in [4.78, 5) is 12.4. The molecule has 0 saturated heterocycles. The minimum absolute atomic E-state index is 0.101. The van der Waals surface area contributed by atoms with E-state index in [-0.39, 0.29) is 12.5 Å². The van der Waals surface area contributed by atoms with Crippen LogP contribution in [0.4, 0.5) is 5.69 Å². The van der Waals surface area contributed by atoms with Gasteiger partial charge >= 0.3 is 0 Å². The van der Waals surface area contributed by atoms with Crippen LogP contribution in [0, 0.1) is 0 Å². The molecule has 3 rings (SSSR count). The van der Waals surface area contributed by atoms with Crippen LogP contribution in [-0.2, 0) is 27.9 Å². The van der Waals surface area contributed by atoms with Crippen LogP contribution >= 0.6 is 0 Å². The van der Waals surface area contributed by atoms with E-state index in [2.05, 4.69) is 5.32 Å². The molecule has 0 saturated carbocycles. The minimum Gasteiger partial charge on any atom is -0.493 e. The normalized spacial score (nSPS) is 11.1. The van der Waals surface area contributed by atoms with Crippen LogP contribution in [0.1, 0.15) is 21.5 Å². The summed E-state index contributed by atoms with van der Waals surface area (Å²) in [7, 11) is -0.574. The third-order valence-corrected chi connectivity index (χ3v) is 6.38. The number of benzene rings is 3. The third-order valence-electron chi connectivity index (χ3n) is 5.24. The average Bonchev–Trinajstić information content (AvgIpc) is 2.86. The Morgan fingerprint density at radius 2 is 1.57 bits per heavy atom. The van der Waals surface area contributed by atoms with Gasteiger partial charge in [0.25, 0.3) is 5.91 Å². The number of hydrogen-bond donors (Lipinski definition) is 1. The first kappa shape index (κ1) is 26.1. The Hall–Kier alpha value is -3.56. The SMILES string of the molecule is COc1ccc(N(Cc2ccc(C(=O)NCCOCc3ccccc3)cc2)S(C)(=O)=O)cc1OC. The van der Waals surface area contributed by atoms with Crippen LogP contribution in [0.2, 0.25) is 0 Å². The third kappa shape index (κ3) is 7.46. The van der Waals surface area contributed by atoms with Crippen LogP contribution in [0.15, 0.2) is 72.8 Å². The number of methoxy groups -OCH3 is 2. The fraction of sp³-hybridized carbons (Fsp3) is 0.269. The van der Waals surface area contributed by atoms with E-state index < -0.39 is 10.0 Å². The van der Waals surface area contributed by atoms with E-state index in [0.717, 1.165) is 17.4 Å². The van der Waals surface area contributed by atoms with Gasteiger partial charge in [0.05, 0.1) is 45.9 Å². The minimum atomic E-state index is -3.58. The molecular formula is C26H30N2O6S. The topological polar surface area (TPSA) is 94.2 Å². The second-order valence-corrected chi connectivity index (χ2v) is 9.71. The number of carbonyl (C=O) groups is 1. The molecule has 0 aliphatic heterocycles. The quantitative estimate of drug-likeness (QED) is 0.384. The van der Waals surface area contributed by atoms with Crippen molar-refractivity contribution >= 4 is 21.6 Å². The zero-order valence-electron chi connectivity index (χ0n) is 20.1. The van der Waals surface area contributed by atoms with E-state index in [1.807, 2.05) is 30.3 Å². The van der Waals surface area contributed by atoms with Gasteiger partial charge in [0.15, 0.2) is 11.5 Å². The average molecular weight is 499 g/mol. The maximum atomic E-state index is 12.5. The zero-order chi connectivity index (χ0) is 25.3. The van der Waals surface area contributed by atoms with Crippen molar-refractivity contribution in [3.8, 4) is 11.5 Å². The van der Waals surface area contributed by atoms with E-state index in [1.54, 1.807) is 42.5 Å². The molecule has 0 fully saturated rings. The lowest BCUT2D eigenvalue weighted by molar-refractivity contribution is 0.0901. The van der Waals surface area contributed by atoms with Crippen molar-refractivity contribution in [2.45, 2.75) is 13.2 Å². The van der Waals surface area contributed by atoms with Crippen molar-refractivity contribution in [2.24, 2.45) is 0 Å². The van der Waals surface area contributed by atoms with Gasteiger partial charge in [-0.05, 0) is 35.4 Å². The lowest BCUT2D eigenvalue weighted by Gasteiger charge is -2.23. The number of nitrogens with one attached hydrogen (secondary N) is 1. The highest BCUT2D eigenvalue weighted by atomic mass is 32.2. The van der Waals surface area contributed by atoms with Crippen molar-refractivity contribution in [1.82, 2.24) is 5.32 Å². The van der Waals surface area contributed by atoms with Crippen LogP contribution in [0.3, 0.4) is 0 Å². The van der Waals surface area contributed by atoms with Crippen LogP contribution in [-0.4, -0.2) is 48.0 Å². The maximum Gasteiger partial charge on any atom is 0.251 e. The summed E-state index contributed by atoms with van der Waals surface area (Å²) in [6, 6.07) is 21.6. The molecule has 186 valence electrons. The van der Waals surface area contributed by atoms with Crippen LogP contribution < -0.4 is 19.1 Å². The van der Waals surface area contributed by atoms with E-state index in [9.17, 15) is 13.2 Å². The number of sulfonamides is 1. The Morgan fingerprint density at radius 3 is 2.20 bits per heavy atom.